The Morgan fingerprint density at radius 1 is 1.35 bits per heavy atom. The second-order valence-corrected chi connectivity index (χ2v) is 4.27. The number of benzene rings is 1. The van der Waals surface area contributed by atoms with Gasteiger partial charge in [-0.25, -0.2) is 0 Å². The molecule has 1 rings (SSSR count). The summed E-state index contributed by atoms with van der Waals surface area (Å²) in [6, 6.07) is 7.26. The SMILES string of the molecule is CC(C)OCCNC(=O)c1ccc(CCl)cc1. The Balaban J connectivity index is 2.36. The first kappa shape index (κ1) is 14.0. The van der Waals surface area contributed by atoms with E-state index in [9.17, 15) is 4.79 Å². The van der Waals surface area contributed by atoms with Crippen molar-refractivity contribution in [3.63, 3.8) is 0 Å². The highest BCUT2D eigenvalue weighted by molar-refractivity contribution is 6.17. The van der Waals surface area contributed by atoms with Crippen molar-refractivity contribution >= 4 is 17.5 Å². The molecule has 1 aromatic rings. The molecule has 0 saturated heterocycles. The number of alkyl halides is 1. The van der Waals surface area contributed by atoms with Crippen molar-refractivity contribution in [1.29, 1.82) is 0 Å². The van der Waals surface area contributed by atoms with Crippen LogP contribution in [0.1, 0.15) is 29.8 Å². The third-order valence-electron chi connectivity index (χ3n) is 2.21. The molecule has 1 amide bonds. The Hall–Kier alpha value is -1.06. The first-order valence-electron chi connectivity index (χ1n) is 5.68. The summed E-state index contributed by atoms with van der Waals surface area (Å²) in [5.74, 6) is 0.378. The average Bonchev–Trinajstić information content (AvgIpc) is 2.34. The number of carbonyl (C=O) groups is 1. The third kappa shape index (κ3) is 5.20. The summed E-state index contributed by atoms with van der Waals surface area (Å²) in [7, 11) is 0. The Morgan fingerprint density at radius 2 is 2.00 bits per heavy atom. The number of rotatable bonds is 6. The zero-order valence-corrected chi connectivity index (χ0v) is 11.0. The van der Waals surface area contributed by atoms with Crippen molar-refractivity contribution in [2.24, 2.45) is 0 Å². The van der Waals surface area contributed by atoms with Crippen molar-refractivity contribution < 1.29 is 9.53 Å². The predicted octanol–water partition coefficient (Wildman–Crippen LogP) is 2.58. The number of hydrogen-bond donors (Lipinski definition) is 1. The van der Waals surface area contributed by atoms with Gasteiger partial charge in [-0.2, -0.15) is 0 Å². The van der Waals surface area contributed by atoms with E-state index in [1.807, 2.05) is 26.0 Å². The molecule has 0 unspecified atom stereocenters. The first-order chi connectivity index (χ1) is 8.13. The number of ether oxygens (including phenoxy) is 1. The lowest BCUT2D eigenvalue weighted by atomic mass is 10.1. The normalized spacial score (nSPS) is 10.6. The fraction of sp³-hybridized carbons (Fsp3) is 0.462. The van der Waals surface area contributed by atoms with Gasteiger partial charge in [0.25, 0.3) is 5.91 Å². The number of amides is 1. The van der Waals surface area contributed by atoms with Crippen molar-refractivity contribution in [2.75, 3.05) is 13.2 Å². The molecule has 4 heteroatoms. The van der Waals surface area contributed by atoms with E-state index in [1.54, 1.807) is 12.1 Å². The van der Waals surface area contributed by atoms with Gasteiger partial charge < -0.3 is 10.1 Å². The fourth-order valence-corrected chi connectivity index (χ4v) is 1.48. The Morgan fingerprint density at radius 3 is 2.53 bits per heavy atom. The van der Waals surface area contributed by atoms with E-state index in [1.165, 1.54) is 0 Å². The summed E-state index contributed by atoms with van der Waals surface area (Å²) < 4.78 is 5.33. The van der Waals surface area contributed by atoms with Gasteiger partial charge in [0.2, 0.25) is 0 Å². The van der Waals surface area contributed by atoms with Crippen LogP contribution in [-0.2, 0) is 10.6 Å². The van der Waals surface area contributed by atoms with Gasteiger partial charge in [-0.05, 0) is 31.5 Å². The standard InChI is InChI=1S/C13H18ClNO2/c1-10(2)17-8-7-15-13(16)12-5-3-11(9-14)4-6-12/h3-6,10H,7-9H2,1-2H3,(H,15,16). The molecular weight excluding hydrogens is 238 g/mol. The van der Waals surface area contributed by atoms with Crippen molar-refractivity contribution in [3.05, 3.63) is 35.4 Å². The second-order valence-electron chi connectivity index (χ2n) is 4.01. The van der Waals surface area contributed by atoms with Crippen molar-refractivity contribution in [2.45, 2.75) is 25.8 Å². The van der Waals surface area contributed by atoms with E-state index >= 15 is 0 Å². The summed E-state index contributed by atoms with van der Waals surface area (Å²) in [5.41, 5.74) is 1.65. The molecule has 0 aliphatic carbocycles. The summed E-state index contributed by atoms with van der Waals surface area (Å²) in [4.78, 5) is 11.7. The molecule has 0 bridgehead atoms. The third-order valence-corrected chi connectivity index (χ3v) is 2.52. The van der Waals surface area contributed by atoms with Crippen LogP contribution in [0.4, 0.5) is 0 Å². The average molecular weight is 256 g/mol. The molecule has 0 saturated carbocycles. The highest BCUT2D eigenvalue weighted by atomic mass is 35.5. The summed E-state index contributed by atoms with van der Waals surface area (Å²) in [6.07, 6.45) is 0.190. The first-order valence-corrected chi connectivity index (χ1v) is 6.21. The molecule has 0 heterocycles. The molecule has 0 spiro atoms. The number of nitrogens with one attached hydrogen (secondary N) is 1. The highest BCUT2D eigenvalue weighted by Gasteiger charge is 2.04. The minimum absolute atomic E-state index is 0.0847. The molecule has 17 heavy (non-hydrogen) atoms. The maximum Gasteiger partial charge on any atom is 0.251 e. The van der Waals surface area contributed by atoms with E-state index in [0.29, 0.717) is 24.6 Å². The molecule has 0 aromatic heterocycles. The molecule has 0 aliphatic heterocycles. The van der Waals surface area contributed by atoms with Gasteiger partial charge in [-0.15, -0.1) is 11.6 Å². The predicted molar refractivity (Wildman–Crippen MR) is 69.4 cm³/mol. The fourth-order valence-electron chi connectivity index (χ4n) is 1.31. The Kier molecular flexibility index (Phi) is 6.01. The molecule has 0 atom stereocenters. The van der Waals surface area contributed by atoms with Crippen LogP contribution in [0, 0.1) is 0 Å². The van der Waals surface area contributed by atoms with Gasteiger partial charge in [0.05, 0.1) is 12.7 Å². The molecule has 0 aliphatic rings. The summed E-state index contributed by atoms with van der Waals surface area (Å²) >= 11 is 5.67. The quantitative estimate of drug-likeness (QED) is 0.627. The number of halogens is 1. The number of hydrogen-bond acceptors (Lipinski definition) is 2. The van der Waals surface area contributed by atoms with Crippen LogP contribution >= 0.6 is 11.6 Å². The van der Waals surface area contributed by atoms with E-state index < -0.39 is 0 Å². The molecule has 3 nitrogen and oxygen atoms in total. The van der Waals surface area contributed by atoms with Gasteiger partial charge in [0.15, 0.2) is 0 Å². The lowest BCUT2D eigenvalue weighted by molar-refractivity contribution is 0.0746. The highest BCUT2D eigenvalue weighted by Crippen LogP contribution is 2.06. The lowest BCUT2D eigenvalue weighted by Crippen LogP contribution is -2.28. The molecule has 1 aromatic carbocycles. The van der Waals surface area contributed by atoms with Crippen LogP contribution in [0.5, 0.6) is 0 Å². The maximum atomic E-state index is 11.7. The van der Waals surface area contributed by atoms with Gasteiger partial charge in [-0.1, -0.05) is 12.1 Å². The van der Waals surface area contributed by atoms with Crippen LogP contribution in [0.25, 0.3) is 0 Å². The van der Waals surface area contributed by atoms with Crippen LogP contribution in [0.15, 0.2) is 24.3 Å². The van der Waals surface area contributed by atoms with E-state index in [-0.39, 0.29) is 12.0 Å². The van der Waals surface area contributed by atoms with Crippen LogP contribution < -0.4 is 5.32 Å². The van der Waals surface area contributed by atoms with Crippen molar-refractivity contribution in [1.82, 2.24) is 5.32 Å². The smallest absolute Gasteiger partial charge is 0.251 e. The lowest BCUT2D eigenvalue weighted by Gasteiger charge is -2.08. The van der Waals surface area contributed by atoms with Crippen LogP contribution in [-0.4, -0.2) is 25.2 Å². The topological polar surface area (TPSA) is 38.3 Å². The van der Waals surface area contributed by atoms with Crippen molar-refractivity contribution in [3.8, 4) is 0 Å². The van der Waals surface area contributed by atoms with E-state index in [0.717, 1.165) is 5.56 Å². The van der Waals surface area contributed by atoms with Gasteiger partial charge in [0.1, 0.15) is 0 Å². The Labute approximate surface area is 107 Å². The summed E-state index contributed by atoms with van der Waals surface area (Å²) in [6.45, 7) is 4.98. The maximum absolute atomic E-state index is 11.7. The largest absolute Gasteiger partial charge is 0.377 e. The zero-order valence-electron chi connectivity index (χ0n) is 10.2. The molecular formula is C13H18ClNO2. The monoisotopic (exact) mass is 255 g/mol. The van der Waals surface area contributed by atoms with Gasteiger partial charge >= 0.3 is 0 Å². The number of carbonyl (C=O) groups excluding carboxylic acids is 1. The zero-order chi connectivity index (χ0) is 12.7. The van der Waals surface area contributed by atoms with Gasteiger partial charge in [-0.3, -0.25) is 4.79 Å². The van der Waals surface area contributed by atoms with Gasteiger partial charge in [0, 0.05) is 18.0 Å². The summed E-state index contributed by atoms with van der Waals surface area (Å²) in [5, 5.41) is 2.79. The molecule has 0 radical (unpaired) electrons. The molecule has 0 fully saturated rings. The van der Waals surface area contributed by atoms with E-state index in [4.69, 9.17) is 16.3 Å². The molecule has 1 N–H and O–H groups in total. The minimum atomic E-state index is -0.0847. The molecule has 94 valence electrons. The second kappa shape index (κ2) is 7.30. The van der Waals surface area contributed by atoms with Crippen LogP contribution in [0.3, 0.4) is 0 Å². The van der Waals surface area contributed by atoms with E-state index in [2.05, 4.69) is 5.32 Å². The van der Waals surface area contributed by atoms with Crippen LogP contribution in [0.2, 0.25) is 0 Å². The Bertz CT molecular complexity index is 349. The minimum Gasteiger partial charge on any atom is -0.377 e.